The van der Waals surface area contributed by atoms with Crippen LogP contribution in [0.15, 0.2) is 29.2 Å². The van der Waals surface area contributed by atoms with Gasteiger partial charge in [-0.15, -0.1) is 0 Å². The van der Waals surface area contributed by atoms with Crippen LogP contribution in [0.1, 0.15) is 5.56 Å². The molecule has 0 amide bonds. The minimum atomic E-state index is -0.410. The maximum atomic E-state index is 13.8. The molecule has 1 N–H and O–H groups in total. The molecule has 0 bridgehead atoms. The summed E-state index contributed by atoms with van der Waals surface area (Å²) >= 11 is 0. The Morgan fingerprint density at radius 1 is 1.31 bits per heavy atom. The Morgan fingerprint density at radius 2 is 2.12 bits per heavy atom. The monoisotopic (exact) mass is 217 g/mol. The number of nitrogens with zero attached hydrogens (tertiary/aromatic N) is 2. The SMILES string of the molecule is Cc1ccc2c([nH]c(=O)c3ccnn32)c1F. The Morgan fingerprint density at radius 3 is 2.94 bits per heavy atom. The lowest BCUT2D eigenvalue weighted by atomic mass is 10.2. The summed E-state index contributed by atoms with van der Waals surface area (Å²) in [4.78, 5) is 14.2. The van der Waals surface area contributed by atoms with E-state index in [1.807, 2.05) is 0 Å². The summed E-state index contributed by atoms with van der Waals surface area (Å²) < 4.78 is 15.2. The third-order valence-electron chi connectivity index (χ3n) is 2.66. The molecule has 0 aliphatic carbocycles. The average molecular weight is 217 g/mol. The van der Waals surface area contributed by atoms with Crippen molar-refractivity contribution in [3.63, 3.8) is 0 Å². The number of nitrogens with one attached hydrogen (secondary N) is 1. The molecule has 2 aromatic heterocycles. The number of aromatic amines is 1. The Hall–Kier alpha value is -2.17. The number of hydrogen-bond donors (Lipinski definition) is 1. The van der Waals surface area contributed by atoms with Crippen LogP contribution in [0, 0.1) is 12.7 Å². The fourth-order valence-electron chi connectivity index (χ4n) is 1.81. The standard InChI is InChI=1S/C11H8FN3O/c1-6-2-3-7-10(9(6)12)14-11(16)8-4-5-13-15(7)8/h2-5H,1H3,(H,14,16). The number of benzene rings is 1. The largest absolute Gasteiger partial charge is 0.316 e. The van der Waals surface area contributed by atoms with Crippen molar-refractivity contribution in [2.45, 2.75) is 6.92 Å². The van der Waals surface area contributed by atoms with Gasteiger partial charge in [0, 0.05) is 0 Å². The highest BCUT2D eigenvalue weighted by Gasteiger charge is 2.10. The lowest BCUT2D eigenvalue weighted by Gasteiger charge is -2.04. The van der Waals surface area contributed by atoms with Crippen molar-refractivity contribution in [1.29, 1.82) is 0 Å². The van der Waals surface area contributed by atoms with Gasteiger partial charge in [0.25, 0.3) is 5.56 Å². The first-order valence-electron chi connectivity index (χ1n) is 4.83. The molecule has 0 atom stereocenters. The summed E-state index contributed by atoms with van der Waals surface area (Å²) in [7, 11) is 0. The van der Waals surface area contributed by atoms with Crippen molar-refractivity contribution in [2.75, 3.05) is 0 Å². The molecule has 0 spiro atoms. The summed E-state index contributed by atoms with van der Waals surface area (Å²) in [5, 5.41) is 4.01. The van der Waals surface area contributed by atoms with Crippen LogP contribution < -0.4 is 5.56 Å². The fraction of sp³-hybridized carbons (Fsp3) is 0.0909. The molecule has 80 valence electrons. The van der Waals surface area contributed by atoms with E-state index in [4.69, 9.17) is 0 Å². The zero-order valence-electron chi connectivity index (χ0n) is 8.49. The van der Waals surface area contributed by atoms with Crippen LogP contribution in [0.2, 0.25) is 0 Å². The van der Waals surface area contributed by atoms with Crippen LogP contribution in [0.5, 0.6) is 0 Å². The van der Waals surface area contributed by atoms with E-state index in [0.717, 1.165) is 0 Å². The molecule has 0 radical (unpaired) electrons. The van der Waals surface area contributed by atoms with Crippen LogP contribution in [0.4, 0.5) is 4.39 Å². The number of halogens is 1. The van der Waals surface area contributed by atoms with Crippen LogP contribution in [-0.4, -0.2) is 14.6 Å². The Labute approximate surface area is 89.3 Å². The molecule has 3 rings (SSSR count). The zero-order valence-corrected chi connectivity index (χ0v) is 8.49. The number of aromatic nitrogens is 3. The van der Waals surface area contributed by atoms with Gasteiger partial charge in [-0.3, -0.25) is 4.79 Å². The lowest BCUT2D eigenvalue weighted by Crippen LogP contribution is -2.11. The summed E-state index contributed by atoms with van der Waals surface area (Å²) in [5.41, 5.74) is 1.32. The van der Waals surface area contributed by atoms with Crippen LogP contribution >= 0.6 is 0 Å². The molecule has 0 aliphatic heterocycles. The van der Waals surface area contributed by atoms with Gasteiger partial charge in [0.05, 0.1) is 11.7 Å². The van der Waals surface area contributed by atoms with Gasteiger partial charge in [-0.05, 0) is 24.6 Å². The molecule has 0 aliphatic rings. The first kappa shape index (κ1) is 9.08. The Bertz CT molecular complexity index is 757. The second-order valence-corrected chi connectivity index (χ2v) is 3.67. The number of H-pyrrole nitrogens is 1. The van der Waals surface area contributed by atoms with Crippen molar-refractivity contribution in [3.05, 3.63) is 46.1 Å². The summed E-state index contributed by atoms with van der Waals surface area (Å²) in [6.45, 7) is 1.65. The van der Waals surface area contributed by atoms with Crippen LogP contribution in [0.25, 0.3) is 16.6 Å². The van der Waals surface area contributed by atoms with Crippen molar-refractivity contribution in [1.82, 2.24) is 14.6 Å². The van der Waals surface area contributed by atoms with E-state index in [2.05, 4.69) is 10.1 Å². The Balaban J connectivity index is 2.68. The second-order valence-electron chi connectivity index (χ2n) is 3.67. The van der Waals surface area contributed by atoms with E-state index >= 15 is 0 Å². The molecule has 0 saturated heterocycles. The summed E-state index contributed by atoms with van der Waals surface area (Å²) in [6.07, 6.45) is 1.52. The third kappa shape index (κ3) is 1.02. The molecule has 0 unspecified atom stereocenters. The highest BCUT2D eigenvalue weighted by atomic mass is 19.1. The highest BCUT2D eigenvalue weighted by molar-refractivity contribution is 5.78. The normalized spacial score (nSPS) is 11.4. The molecule has 4 nitrogen and oxygen atoms in total. The zero-order chi connectivity index (χ0) is 11.3. The highest BCUT2D eigenvalue weighted by Crippen LogP contribution is 2.17. The first-order chi connectivity index (χ1) is 7.68. The molecule has 1 aromatic carbocycles. The van der Waals surface area contributed by atoms with Crippen LogP contribution in [0.3, 0.4) is 0 Å². The molecule has 16 heavy (non-hydrogen) atoms. The summed E-state index contributed by atoms with van der Waals surface area (Å²) in [5.74, 6) is -0.410. The quantitative estimate of drug-likeness (QED) is 0.622. The smallest absolute Gasteiger partial charge is 0.274 e. The van der Waals surface area contributed by atoms with Crippen LogP contribution in [-0.2, 0) is 0 Å². The van der Waals surface area contributed by atoms with Gasteiger partial charge in [-0.1, -0.05) is 6.07 Å². The Kier molecular flexibility index (Phi) is 1.65. The molecular weight excluding hydrogens is 209 g/mol. The van der Waals surface area contributed by atoms with E-state index < -0.39 is 5.82 Å². The first-order valence-corrected chi connectivity index (χ1v) is 4.83. The van der Waals surface area contributed by atoms with Crippen molar-refractivity contribution in [3.8, 4) is 0 Å². The average Bonchev–Trinajstić information content (AvgIpc) is 2.74. The van der Waals surface area contributed by atoms with Gasteiger partial charge in [0.15, 0.2) is 5.82 Å². The van der Waals surface area contributed by atoms with E-state index in [-0.39, 0.29) is 11.1 Å². The van der Waals surface area contributed by atoms with Crippen molar-refractivity contribution >= 4 is 16.6 Å². The van der Waals surface area contributed by atoms with Gasteiger partial charge in [0.2, 0.25) is 0 Å². The molecule has 3 aromatic rings. The second kappa shape index (κ2) is 2.91. The van der Waals surface area contributed by atoms with E-state index in [1.165, 1.54) is 10.7 Å². The minimum absolute atomic E-state index is 0.196. The van der Waals surface area contributed by atoms with E-state index in [9.17, 15) is 9.18 Å². The van der Waals surface area contributed by atoms with Gasteiger partial charge in [-0.2, -0.15) is 5.10 Å². The summed E-state index contributed by atoms with van der Waals surface area (Å²) in [6, 6.07) is 5.00. The predicted molar refractivity (Wildman–Crippen MR) is 58.0 cm³/mol. The molecular formula is C11H8FN3O. The van der Waals surface area contributed by atoms with Crippen molar-refractivity contribution < 1.29 is 4.39 Å². The van der Waals surface area contributed by atoms with Gasteiger partial charge in [-0.25, -0.2) is 8.91 Å². The number of hydrogen-bond acceptors (Lipinski definition) is 2. The topological polar surface area (TPSA) is 50.2 Å². The maximum Gasteiger partial charge on any atom is 0.274 e. The van der Waals surface area contributed by atoms with Crippen molar-refractivity contribution in [2.24, 2.45) is 0 Å². The van der Waals surface area contributed by atoms with Gasteiger partial charge < -0.3 is 4.98 Å². The predicted octanol–water partition coefficient (Wildman–Crippen LogP) is 1.62. The number of fused-ring (bicyclic) bond motifs is 3. The lowest BCUT2D eigenvalue weighted by molar-refractivity contribution is 0.626. The fourth-order valence-corrected chi connectivity index (χ4v) is 1.81. The van der Waals surface area contributed by atoms with Gasteiger partial charge in [0.1, 0.15) is 11.0 Å². The molecule has 0 saturated carbocycles. The molecule has 0 fully saturated rings. The minimum Gasteiger partial charge on any atom is -0.316 e. The molecule has 2 heterocycles. The number of rotatable bonds is 0. The van der Waals surface area contributed by atoms with E-state index in [1.54, 1.807) is 25.1 Å². The van der Waals surface area contributed by atoms with E-state index in [0.29, 0.717) is 16.6 Å². The maximum absolute atomic E-state index is 13.8. The van der Waals surface area contributed by atoms with Gasteiger partial charge >= 0.3 is 0 Å². The third-order valence-corrected chi connectivity index (χ3v) is 2.66. The molecule has 5 heteroatoms. The number of aryl methyl sites for hydroxylation is 1.